The van der Waals surface area contributed by atoms with Crippen LogP contribution in [0.2, 0.25) is 0 Å². The van der Waals surface area contributed by atoms with Crippen molar-refractivity contribution in [3.8, 4) is 16.9 Å². The van der Waals surface area contributed by atoms with Gasteiger partial charge in [-0.05, 0) is 43.2 Å². The Hall–Kier alpha value is -4.22. The predicted molar refractivity (Wildman–Crippen MR) is 123 cm³/mol. The Morgan fingerprint density at radius 1 is 1.11 bits per heavy atom. The van der Waals surface area contributed by atoms with Crippen molar-refractivity contribution in [1.82, 2.24) is 20.3 Å². The third-order valence-corrected chi connectivity index (χ3v) is 6.37. The van der Waals surface area contributed by atoms with Gasteiger partial charge < -0.3 is 20.3 Å². The first-order valence-corrected chi connectivity index (χ1v) is 11.2. The summed E-state index contributed by atoms with van der Waals surface area (Å²) in [5.41, 5.74) is 1.37. The summed E-state index contributed by atoms with van der Waals surface area (Å²) in [5, 5.41) is 5.56. The first-order chi connectivity index (χ1) is 17.2. The highest BCUT2D eigenvalue weighted by molar-refractivity contribution is 6.05. The number of carbonyl (C=O) groups excluding carboxylic acids is 2. The Morgan fingerprint density at radius 2 is 1.86 bits per heavy atom. The molecule has 2 aromatic heterocycles. The van der Waals surface area contributed by atoms with Crippen molar-refractivity contribution in [3.05, 3.63) is 60.8 Å². The monoisotopic (exact) mass is 498 g/mol. The van der Waals surface area contributed by atoms with Gasteiger partial charge in [0.2, 0.25) is 5.91 Å². The number of pyridine rings is 1. The molecule has 2 saturated heterocycles. The lowest BCUT2D eigenvalue weighted by atomic mass is 9.86. The van der Waals surface area contributed by atoms with Crippen molar-refractivity contribution in [2.45, 2.75) is 19.2 Å². The van der Waals surface area contributed by atoms with E-state index in [1.165, 1.54) is 24.7 Å². The van der Waals surface area contributed by atoms with Gasteiger partial charge in [0.15, 0.2) is 0 Å². The van der Waals surface area contributed by atoms with E-state index in [1.54, 1.807) is 18.5 Å². The zero-order chi connectivity index (χ0) is 25.3. The number of alkyl halides is 3. The molecule has 12 heteroatoms. The number of hydrogen-bond acceptors (Lipinski definition) is 7. The fourth-order valence-electron chi connectivity index (χ4n) is 4.59. The largest absolute Gasteiger partial charge is 0.573 e. The van der Waals surface area contributed by atoms with Crippen molar-refractivity contribution in [2.24, 2.45) is 5.41 Å². The minimum absolute atomic E-state index is 0.0530. The van der Waals surface area contributed by atoms with E-state index in [9.17, 15) is 22.8 Å². The maximum Gasteiger partial charge on any atom is 0.573 e. The molecule has 1 spiro atoms. The molecule has 0 saturated carbocycles. The minimum Gasteiger partial charge on any atom is -0.406 e. The maximum absolute atomic E-state index is 12.9. The molecule has 2 aliphatic heterocycles. The molecule has 5 rings (SSSR count). The predicted octanol–water partition coefficient (Wildman–Crippen LogP) is 3.41. The van der Waals surface area contributed by atoms with Crippen LogP contribution in [0.1, 0.15) is 23.2 Å². The van der Waals surface area contributed by atoms with Crippen molar-refractivity contribution in [2.75, 3.05) is 29.9 Å². The Morgan fingerprint density at radius 3 is 2.53 bits per heavy atom. The van der Waals surface area contributed by atoms with Crippen LogP contribution < -0.4 is 20.3 Å². The van der Waals surface area contributed by atoms with Gasteiger partial charge in [0.25, 0.3) is 5.91 Å². The van der Waals surface area contributed by atoms with Gasteiger partial charge in [-0.3, -0.25) is 9.59 Å². The molecule has 4 heterocycles. The van der Waals surface area contributed by atoms with E-state index < -0.39 is 23.4 Å². The zero-order valence-electron chi connectivity index (χ0n) is 18.9. The molecule has 0 bridgehead atoms. The molecular formula is C24H21F3N6O3. The smallest absolute Gasteiger partial charge is 0.406 e. The van der Waals surface area contributed by atoms with Gasteiger partial charge in [-0.1, -0.05) is 0 Å². The molecule has 0 radical (unpaired) electrons. The molecule has 1 unspecified atom stereocenters. The summed E-state index contributed by atoms with van der Waals surface area (Å²) in [4.78, 5) is 40.1. The summed E-state index contributed by atoms with van der Waals surface area (Å²) in [5.74, 6) is -0.217. The second kappa shape index (κ2) is 9.10. The third kappa shape index (κ3) is 4.79. The number of nitrogens with zero attached hydrogens (tertiary/aromatic N) is 4. The quantitative estimate of drug-likeness (QED) is 0.555. The number of aromatic nitrogens is 3. The van der Waals surface area contributed by atoms with Crippen LogP contribution in [0.3, 0.4) is 0 Å². The van der Waals surface area contributed by atoms with Crippen molar-refractivity contribution < 1.29 is 27.5 Å². The van der Waals surface area contributed by atoms with Crippen molar-refractivity contribution in [1.29, 1.82) is 0 Å². The van der Waals surface area contributed by atoms with E-state index in [4.69, 9.17) is 0 Å². The molecule has 186 valence electrons. The van der Waals surface area contributed by atoms with Gasteiger partial charge in [0.05, 0.1) is 11.0 Å². The Kier molecular flexibility index (Phi) is 5.94. The van der Waals surface area contributed by atoms with Gasteiger partial charge in [0.1, 0.15) is 17.9 Å². The van der Waals surface area contributed by atoms with E-state index in [1.807, 2.05) is 4.90 Å². The number of halogens is 3. The maximum atomic E-state index is 12.9. The summed E-state index contributed by atoms with van der Waals surface area (Å²) in [6.07, 6.45) is 2.73. The zero-order valence-corrected chi connectivity index (χ0v) is 18.9. The number of anilines is 2. The van der Waals surface area contributed by atoms with Crippen LogP contribution >= 0.6 is 0 Å². The highest BCUT2D eigenvalue weighted by Gasteiger charge is 2.48. The van der Waals surface area contributed by atoms with Crippen LogP contribution in [-0.2, 0) is 4.79 Å². The molecule has 0 aliphatic carbocycles. The average Bonchev–Trinajstić information content (AvgIpc) is 3.45. The minimum atomic E-state index is -4.80. The van der Waals surface area contributed by atoms with E-state index in [0.717, 1.165) is 18.6 Å². The van der Waals surface area contributed by atoms with Crippen LogP contribution in [0, 0.1) is 5.41 Å². The van der Waals surface area contributed by atoms with E-state index in [-0.39, 0.29) is 17.2 Å². The van der Waals surface area contributed by atoms with Crippen LogP contribution in [0.25, 0.3) is 11.1 Å². The van der Waals surface area contributed by atoms with Crippen molar-refractivity contribution >= 4 is 23.3 Å². The van der Waals surface area contributed by atoms with Crippen LogP contribution in [0.4, 0.5) is 24.7 Å². The van der Waals surface area contributed by atoms with Crippen molar-refractivity contribution in [3.63, 3.8) is 0 Å². The van der Waals surface area contributed by atoms with Gasteiger partial charge in [-0.25, -0.2) is 15.0 Å². The number of amides is 2. The number of rotatable bonds is 5. The van der Waals surface area contributed by atoms with Gasteiger partial charge >= 0.3 is 6.36 Å². The lowest BCUT2D eigenvalue weighted by Gasteiger charge is -2.24. The standard InChI is InChI=1S/C24H21F3N6O3/c25-24(26,27)36-18-3-1-17(2-4-18)32-21(34)15-9-19(16-10-28-14-29-11-16)20(31-12-15)33-8-6-23(13-33)5-7-30-22(23)35/h1-4,9-12,14H,5-8,13H2,(H,30,35)(H,32,34). The summed E-state index contributed by atoms with van der Waals surface area (Å²) >= 11 is 0. The highest BCUT2D eigenvalue weighted by atomic mass is 19.4. The molecule has 36 heavy (non-hydrogen) atoms. The first-order valence-electron chi connectivity index (χ1n) is 11.2. The number of benzene rings is 1. The Labute approximate surface area is 203 Å². The lowest BCUT2D eigenvalue weighted by Crippen LogP contribution is -2.34. The molecule has 2 N–H and O–H groups in total. The fourth-order valence-corrected chi connectivity index (χ4v) is 4.59. The first kappa shape index (κ1) is 23.5. The number of nitrogens with one attached hydrogen (secondary N) is 2. The van der Waals surface area contributed by atoms with Crippen LogP contribution in [0.5, 0.6) is 5.75 Å². The Balaban J connectivity index is 1.40. The van der Waals surface area contributed by atoms with Gasteiger partial charge in [-0.2, -0.15) is 0 Å². The third-order valence-electron chi connectivity index (χ3n) is 6.37. The molecule has 2 fully saturated rings. The molecule has 2 aliphatic rings. The molecule has 3 aromatic rings. The summed E-state index contributed by atoms with van der Waals surface area (Å²) in [6.45, 7) is 1.81. The normalized spacial score (nSPS) is 19.4. The summed E-state index contributed by atoms with van der Waals surface area (Å²) in [6, 6.07) is 6.50. The molecule has 2 amide bonds. The molecule has 1 aromatic carbocycles. The highest BCUT2D eigenvalue weighted by Crippen LogP contribution is 2.41. The SMILES string of the molecule is O=C(Nc1ccc(OC(F)(F)F)cc1)c1cnc(N2CCC3(CCNC3=O)C2)c(-c2cncnc2)c1. The van der Waals surface area contributed by atoms with Gasteiger partial charge in [-0.15, -0.1) is 13.2 Å². The molecular weight excluding hydrogens is 477 g/mol. The number of carbonyl (C=O) groups is 2. The second-order valence-corrected chi connectivity index (χ2v) is 8.71. The topological polar surface area (TPSA) is 109 Å². The average molecular weight is 498 g/mol. The molecule has 1 atom stereocenters. The van der Waals surface area contributed by atoms with E-state index >= 15 is 0 Å². The van der Waals surface area contributed by atoms with E-state index in [0.29, 0.717) is 43.0 Å². The second-order valence-electron chi connectivity index (χ2n) is 8.71. The number of hydrogen-bond donors (Lipinski definition) is 2. The summed E-state index contributed by atoms with van der Waals surface area (Å²) in [7, 11) is 0. The fraction of sp³-hybridized carbons (Fsp3) is 0.292. The number of ether oxygens (including phenoxy) is 1. The summed E-state index contributed by atoms with van der Waals surface area (Å²) < 4.78 is 41.0. The lowest BCUT2D eigenvalue weighted by molar-refractivity contribution is -0.274. The van der Waals surface area contributed by atoms with E-state index in [2.05, 4.69) is 30.3 Å². The van der Waals surface area contributed by atoms with Crippen LogP contribution in [-0.4, -0.2) is 52.8 Å². The van der Waals surface area contributed by atoms with Gasteiger partial charge in [0, 0.05) is 55.0 Å². The molecule has 9 nitrogen and oxygen atoms in total. The van der Waals surface area contributed by atoms with Crippen LogP contribution in [0.15, 0.2) is 55.2 Å². The Bertz CT molecular complexity index is 1290.